The molecule has 1 heterocycles. The van der Waals surface area contributed by atoms with Crippen LogP contribution in [0.2, 0.25) is 0 Å². The van der Waals surface area contributed by atoms with Crippen LogP contribution < -0.4 is 16.0 Å². The minimum absolute atomic E-state index is 0.123. The maximum absolute atomic E-state index is 11.9. The number of nitrogen functional groups attached to an aromatic ring is 1. The van der Waals surface area contributed by atoms with Crippen molar-refractivity contribution in [3.8, 4) is 6.01 Å². The van der Waals surface area contributed by atoms with Crippen molar-refractivity contribution in [3.63, 3.8) is 0 Å². The summed E-state index contributed by atoms with van der Waals surface area (Å²) in [5.41, 5.74) is 5.78. The third-order valence-corrected chi connectivity index (χ3v) is 2.38. The lowest BCUT2D eigenvalue weighted by Crippen LogP contribution is -2.27. The van der Waals surface area contributed by atoms with Gasteiger partial charge in [0.1, 0.15) is 5.82 Å². The molecule has 0 aliphatic carbocycles. The van der Waals surface area contributed by atoms with Crippen LogP contribution in [-0.2, 0) is 15.9 Å². The third-order valence-electron chi connectivity index (χ3n) is 2.38. The summed E-state index contributed by atoms with van der Waals surface area (Å²) in [6.45, 7) is 6.90. The van der Waals surface area contributed by atoms with E-state index in [1.165, 1.54) is 0 Å². The number of hydrogen-bond acceptors (Lipinski definition) is 6. The van der Waals surface area contributed by atoms with Crippen LogP contribution in [0.4, 0.5) is 5.82 Å². The van der Waals surface area contributed by atoms with E-state index in [1.54, 1.807) is 6.92 Å². The third kappa shape index (κ3) is 4.53. The SMILES string of the molecule is CCOc1nc(N)c(CC(OCC)OCC)c(=O)[nH]1. The predicted molar refractivity (Wildman–Crippen MR) is 71.2 cm³/mol. The predicted octanol–water partition coefficient (Wildman–Crippen LogP) is 0.692. The molecule has 0 radical (unpaired) electrons. The van der Waals surface area contributed by atoms with Gasteiger partial charge in [0.2, 0.25) is 0 Å². The van der Waals surface area contributed by atoms with Crippen LogP contribution >= 0.6 is 0 Å². The number of aromatic nitrogens is 2. The first-order valence-corrected chi connectivity index (χ1v) is 6.36. The summed E-state index contributed by atoms with van der Waals surface area (Å²) in [4.78, 5) is 18.4. The van der Waals surface area contributed by atoms with Crippen LogP contribution in [0, 0.1) is 0 Å². The van der Waals surface area contributed by atoms with E-state index >= 15 is 0 Å². The Morgan fingerprint density at radius 2 is 1.84 bits per heavy atom. The standard InChI is InChI=1S/C12H21N3O4/c1-4-17-9(18-5-2)7-8-10(13)14-12(19-6-3)15-11(8)16/h9H,4-7H2,1-3H3,(H3,13,14,15,16). The highest BCUT2D eigenvalue weighted by atomic mass is 16.7. The van der Waals surface area contributed by atoms with Gasteiger partial charge in [0, 0.05) is 19.6 Å². The maximum Gasteiger partial charge on any atom is 0.298 e. The number of ether oxygens (including phenoxy) is 3. The summed E-state index contributed by atoms with van der Waals surface area (Å²) >= 11 is 0. The van der Waals surface area contributed by atoms with Crippen molar-refractivity contribution in [2.24, 2.45) is 0 Å². The molecule has 0 unspecified atom stereocenters. The molecule has 0 spiro atoms. The number of nitrogens with two attached hydrogens (primary N) is 1. The van der Waals surface area contributed by atoms with E-state index in [-0.39, 0.29) is 23.8 Å². The van der Waals surface area contributed by atoms with Gasteiger partial charge in [-0.2, -0.15) is 4.98 Å². The summed E-state index contributed by atoms with van der Waals surface area (Å²) in [6, 6.07) is 0.123. The van der Waals surface area contributed by atoms with E-state index in [9.17, 15) is 4.79 Å². The van der Waals surface area contributed by atoms with E-state index in [1.807, 2.05) is 13.8 Å². The molecule has 1 aromatic heterocycles. The normalized spacial score (nSPS) is 10.9. The Morgan fingerprint density at radius 1 is 1.21 bits per heavy atom. The van der Waals surface area contributed by atoms with Gasteiger partial charge < -0.3 is 19.9 Å². The van der Waals surface area contributed by atoms with E-state index in [0.29, 0.717) is 25.4 Å². The fourth-order valence-corrected chi connectivity index (χ4v) is 1.60. The van der Waals surface area contributed by atoms with Gasteiger partial charge in [0.25, 0.3) is 11.6 Å². The van der Waals surface area contributed by atoms with Gasteiger partial charge in [0.05, 0.1) is 12.2 Å². The van der Waals surface area contributed by atoms with Gasteiger partial charge in [-0.05, 0) is 20.8 Å². The highest BCUT2D eigenvalue weighted by molar-refractivity contribution is 5.38. The van der Waals surface area contributed by atoms with Crippen molar-refractivity contribution >= 4 is 5.82 Å². The highest BCUT2D eigenvalue weighted by Gasteiger charge is 2.16. The molecule has 0 aromatic carbocycles. The summed E-state index contributed by atoms with van der Waals surface area (Å²) in [7, 11) is 0. The van der Waals surface area contributed by atoms with Crippen molar-refractivity contribution in [1.82, 2.24) is 9.97 Å². The van der Waals surface area contributed by atoms with E-state index in [4.69, 9.17) is 19.9 Å². The number of H-pyrrole nitrogens is 1. The lowest BCUT2D eigenvalue weighted by molar-refractivity contribution is -0.134. The largest absolute Gasteiger partial charge is 0.465 e. The molecule has 0 aliphatic heterocycles. The molecule has 0 fully saturated rings. The Bertz CT molecular complexity index is 441. The van der Waals surface area contributed by atoms with Crippen molar-refractivity contribution < 1.29 is 14.2 Å². The molecular weight excluding hydrogens is 250 g/mol. The second kappa shape index (κ2) is 7.75. The van der Waals surface area contributed by atoms with Crippen LogP contribution in [0.5, 0.6) is 6.01 Å². The number of anilines is 1. The Kier molecular flexibility index (Phi) is 6.31. The minimum Gasteiger partial charge on any atom is -0.465 e. The zero-order valence-electron chi connectivity index (χ0n) is 11.6. The molecule has 0 saturated carbocycles. The molecule has 7 heteroatoms. The summed E-state index contributed by atoms with van der Waals surface area (Å²) < 4.78 is 15.9. The zero-order chi connectivity index (χ0) is 14.3. The molecule has 0 aliphatic rings. The average molecular weight is 271 g/mol. The number of hydrogen-bond donors (Lipinski definition) is 2. The lowest BCUT2D eigenvalue weighted by Gasteiger charge is -2.17. The second-order valence-electron chi connectivity index (χ2n) is 3.71. The van der Waals surface area contributed by atoms with Gasteiger partial charge in [-0.3, -0.25) is 9.78 Å². The minimum atomic E-state index is -0.502. The fourth-order valence-electron chi connectivity index (χ4n) is 1.60. The van der Waals surface area contributed by atoms with Gasteiger partial charge >= 0.3 is 0 Å². The topological polar surface area (TPSA) is 99.5 Å². The first-order valence-electron chi connectivity index (χ1n) is 6.36. The van der Waals surface area contributed by atoms with Gasteiger partial charge in [-0.1, -0.05) is 0 Å². The molecule has 1 rings (SSSR count). The Labute approximate surface area is 112 Å². The van der Waals surface area contributed by atoms with E-state index in [0.717, 1.165) is 0 Å². The quantitative estimate of drug-likeness (QED) is 0.675. The molecule has 7 nitrogen and oxygen atoms in total. The summed E-state index contributed by atoms with van der Waals surface area (Å²) in [5.74, 6) is 0.136. The smallest absolute Gasteiger partial charge is 0.298 e. The Morgan fingerprint density at radius 3 is 2.32 bits per heavy atom. The van der Waals surface area contributed by atoms with Crippen LogP contribution in [0.15, 0.2) is 4.79 Å². The molecule has 0 amide bonds. The van der Waals surface area contributed by atoms with Gasteiger partial charge in [0.15, 0.2) is 6.29 Å². The van der Waals surface area contributed by atoms with Crippen LogP contribution in [0.1, 0.15) is 26.3 Å². The highest BCUT2D eigenvalue weighted by Crippen LogP contribution is 2.12. The maximum atomic E-state index is 11.9. The summed E-state index contributed by atoms with van der Waals surface area (Å²) in [5, 5.41) is 0. The average Bonchev–Trinajstić information content (AvgIpc) is 2.34. The van der Waals surface area contributed by atoms with Crippen molar-refractivity contribution in [2.75, 3.05) is 25.6 Å². The van der Waals surface area contributed by atoms with E-state index in [2.05, 4.69) is 9.97 Å². The first kappa shape index (κ1) is 15.5. The molecule has 19 heavy (non-hydrogen) atoms. The lowest BCUT2D eigenvalue weighted by atomic mass is 10.2. The van der Waals surface area contributed by atoms with Crippen molar-refractivity contribution in [2.45, 2.75) is 33.5 Å². The van der Waals surface area contributed by atoms with Gasteiger partial charge in [-0.15, -0.1) is 0 Å². The number of nitrogens with zero attached hydrogens (tertiary/aromatic N) is 1. The van der Waals surface area contributed by atoms with Crippen LogP contribution in [0.25, 0.3) is 0 Å². The van der Waals surface area contributed by atoms with Crippen molar-refractivity contribution in [3.05, 3.63) is 15.9 Å². The molecule has 1 aromatic rings. The van der Waals surface area contributed by atoms with Crippen LogP contribution in [0.3, 0.4) is 0 Å². The Balaban J connectivity index is 2.90. The van der Waals surface area contributed by atoms with Crippen LogP contribution in [-0.4, -0.2) is 36.1 Å². The molecular formula is C12H21N3O4. The summed E-state index contributed by atoms with van der Waals surface area (Å²) in [6.07, 6.45) is -0.249. The fraction of sp³-hybridized carbons (Fsp3) is 0.667. The zero-order valence-corrected chi connectivity index (χ0v) is 11.6. The molecule has 0 saturated heterocycles. The van der Waals surface area contributed by atoms with Gasteiger partial charge in [-0.25, -0.2) is 0 Å². The van der Waals surface area contributed by atoms with E-state index < -0.39 is 6.29 Å². The molecule has 3 N–H and O–H groups in total. The Hall–Kier alpha value is -1.60. The molecule has 0 atom stereocenters. The first-order chi connectivity index (χ1) is 9.12. The second-order valence-corrected chi connectivity index (χ2v) is 3.71. The molecule has 0 bridgehead atoms. The van der Waals surface area contributed by atoms with Crippen molar-refractivity contribution in [1.29, 1.82) is 0 Å². The molecule has 108 valence electrons. The number of nitrogens with one attached hydrogen (secondary N) is 1. The monoisotopic (exact) mass is 271 g/mol. The number of rotatable bonds is 8. The number of aromatic amines is 1.